The van der Waals surface area contributed by atoms with Crippen LogP contribution < -0.4 is 11.3 Å². The molecular formula is C14H22F3N3S. The number of alkyl halides is 3. The molecule has 7 heteroatoms. The quantitative estimate of drug-likeness (QED) is 0.629. The van der Waals surface area contributed by atoms with E-state index in [1.54, 1.807) is 0 Å². The molecule has 1 aliphatic carbocycles. The molecule has 1 atom stereocenters. The maximum absolute atomic E-state index is 12.6. The Hall–Kier alpha value is -0.660. The molecule has 1 saturated carbocycles. The maximum atomic E-state index is 12.6. The summed E-state index contributed by atoms with van der Waals surface area (Å²) < 4.78 is 37.9. The molecule has 1 heterocycles. The summed E-state index contributed by atoms with van der Waals surface area (Å²) in [6, 6.07) is -0.221. The second-order valence-corrected chi connectivity index (χ2v) is 6.84. The standard InChI is InChI=1S/C14H22F3N3S/c1-2-3-9-4-6-10(7-5-9)12(20-18)11-8-19-13(21-11)14(15,16)17/h8-10,12,20H,2-7,18H2,1H3. The normalized spacial score (nSPS) is 25.0. The zero-order valence-electron chi connectivity index (χ0n) is 12.1. The van der Waals surface area contributed by atoms with E-state index in [0.29, 0.717) is 22.1 Å². The molecule has 0 aliphatic heterocycles. The van der Waals surface area contributed by atoms with E-state index in [0.717, 1.165) is 31.6 Å². The molecule has 1 unspecified atom stereocenters. The Kier molecular flexibility index (Phi) is 5.62. The first-order valence-electron chi connectivity index (χ1n) is 7.44. The van der Waals surface area contributed by atoms with Gasteiger partial charge in [0.05, 0.1) is 6.04 Å². The van der Waals surface area contributed by atoms with Gasteiger partial charge in [0, 0.05) is 11.1 Å². The van der Waals surface area contributed by atoms with E-state index in [4.69, 9.17) is 5.84 Å². The van der Waals surface area contributed by atoms with E-state index in [2.05, 4.69) is 17.3 Å². The van der Waals surface area contributed by atoms with Crippen LogP contribution in [0.15, 0.2) is 6.20 Å². The van der Waals surface area contributed by atoms with Crippen molar-refractivity contribution in [2.45, 2.75) is 57.7 Å². The van der Waals surface area contributed by atoms with E-state index in [9.17, 15) is 13.2 Å². The smallest absolute Gasteiger partial charge is 0.271 e. The molecule has 1 fully saturated rings. The Labute approximate surface area is 127 Å². The highest BCUT2D eigenvalue weighted by atomic mass is 32.1. The minimum absolute atomic E-state index is 0.221. The third-order valence-electron chi connectivity index (χ3n) is 4.31. The van der Waals surface area contributed by atoms with Crippen molar-refractivity contribution in [3.63, 3.8) is 0 Å². The van der Waals surface area contributed by atoms with Crippen molar-refractivity contribution in [3.05, 3.63) is 16.1 Å². The number of nitrogens with two attached hydrogens (primary N) is 1. The molecule has 1 aromatic rings. The van der Waals surface area contributed by atoms with Gasteiger partial charge in [-0.1, -0.05) is 32.6 Å². The lowest BCUT2D eigenvalue weighted by molar-refractivity contribution is -0.137. The van der Waals surface area contributed by atoms with Crippen molar-refractivity contribution in [2.24, 2.45) is 17.7 Å². The lowest BCUT2D eigenvalue weighted by atomic mass is 9.77. The average molecular weight is 321 g/mol. The maximum Gasteiger partial charge on any atom is 0.443 e. The Morgan fingerprint density at radius 3 is 2.52 bits per heavy atom. The van der Waals surface area contributed by atoms with Crippen molar-refractivity contribution < 1.29 is 13.2 Å². The highest BCUT2D eigenvalue weighted by Gasteiger charge is 2.36. The minimum Gasteiger partial charge on any atom is -0.271 e. The minimum atomic E-state index is -4.37. The first kappa shape index (κ1) is 16.7. The Morgan fingerprint density at radius 2 is 2.05 bits per heavy atom. The van der Waals surface area contributed by atoms with Crippen LogP contribution >= 0.6 is 11.3 Å². The average Bonchev–Trinajstić information content (AvgIpc) is 2.91. The molecule has 3 N–H and O–H groups in total. The van der Waals surface area contributed by atoms with Gasteiger partial charge < -0.3 is 0 Å². The van der Waals surface area contributed by atoms with Crippen molar-refractivity contribution in [1.82, 2.24) is 10.4 Å². The van der Waals surface area contributed by atoms with Crippen molar-refractivity contribution >= 4 is 11.3 Å². The summed E-state index contributed by atoms with van der Waals surface area (Å²) in [7, 11) is 0. The number of hydrazine groups is 1. The lowest BCUT2D eigenvalue weighted by Gasteiger charge is -2.33. The van der Waals surface area contributed by atoms with Crippen LogP contribution in [0.5, 0.6) is 0 Å². The van der Waals surface area contributed by atoms with Crippen LogP contribution in [0.25, 0.3) is 0 Å². The zero-order chi connectivity index (χ0) is 15.5. The van der Waals surface area contributed by atoms with Gasteiger partial charge in [0.1, 0.15) is 0 Å². The predicted octanol–water partition coefficient (Wildman–Crippen LogP) is 4.27. The van der Waals surface area contributed by atoms with Gasteiger partial charge in [-0.3, -0.25) is 11.3 Å². The number of rotatable bonds is 5. The Morgan fingerprint density at radius 1 is 1.38 bits per heavy atom. The fourth-order valence-electron chi connectivity index (χ4n) is 3.23. The molecule has 1 aliphatic rings. The fraction of sp³-hybridized carbons (Fsp3) is 0.786. The number of hydrogen-bond donors (Lipinski definition) is 2. The van der Waals surface area contributed by atoms with Gasteiger partial charge in [0.15, 0.2) is 5.01 Å². The largest absolute Gasteiger partial charge is 0.443 e. The van der Waals surface area contributed by atoms with Gasteiger partial charge in [-0.15, -0.1) is 11.3 Å². The number of nitrogens with zero attached hydrogens (tertiary/aromatic N) is 1. The monoisotopic (exact) mass is 321 g/mol. The van der Waals surface area contributed by atoms with E-state index in [1.165, 1.54) is 19.0 Å². The topological polar surface area (TPSA) is 50.9 Å². The Bertz CT molecular complexity index is 439. The third kappa shape index (κ3) is 4.17. The molecule has 0 saturated heterocycles. The number of nitrogens with one attached hydrogen (secondary N) is 1. The molecule has 21 heavy (non-hydrogen) atoms. The first-order valence-corrected chi connectivity index (χ1v) is 8.26. The summed E-state index contributed by atoms with van der Waals surface area (Å²) >= 11 is 0.699. The molecule has 0 amide bonds. The van der Waals surface area contributed by atoms with E-state index in [-0.39, 0.29) is 6.04 Å². The SMILES string of the molecule is CCCC1CCC(C(NN)c2cnc(C(F)(F)F)s2)CC1. The van der Waals surface area contributed by atoms with Crippen LogP contribution in [0.1, 0.15) is 61.4 Å². The van der Waals surface area contributed by atoms with Crippen LogP contribution in [0.2, 0.25) is 0 Å². The van der Waals surface area contributed by atoms with Crippen LogP contribution in [-0.2, 0) is 6.18 Å². The molecule has 0 spiro atoms. The summed E-state index contributed by atoms with van der Waals surface area (Å²) in [6.07, 6.45) is 3.68. The molecule has 2 rings (SSSR count). The number of thiazole rings is 1. The van der Waals surface area contributed by atoms with Crippen LogP contribution in [0.3, 0.4) is 0 Å². The summed E-state index contributed by atoms with van der Waals surface area (Å²) in [6.45, 7) is 2.19. The highest BCUT2D eigenvalue weighted by molar-refractivity contribution is 7.11. The van der Waals surface area contributed by atoms with E-state index >= 15 is 0 Å². The number of halogens is 3. The molecule has 120 valence electrons. The third-order valence-corrected chi connectivity index (χ3v) is 5.44. The van der Waals surface area contributed by atoms with Crippen molar-refractivity contribution in [3.8, 4) is 0 Å². The van der Waals surface area contributed by atoms with E-state index in [1.807, 2.05) is 0 Å². The van der Waals surface area contributed by atoms with Gasteiger partial charge in [0.2, 0.25) is 0 Å². The second-order valence-electron chi connectivity index (χ2n) is 5.78. The van der Waals surface area contributed by atoms with Gasteiger partial charge >= 0.3 is 6.18 Å². The fourth-order valence-corrected chi connectivity index (χ4v) is 4.17. The van der Waals surface area contributed by atoms with Crippen LogP contribution in [0.4, 0.5) is 13.2 Å². The van der Waals surface area contributed by atoms with Gasteiger partial charge in [-0.2, -0.15) is 13.2 Å². The summed E-state index contributed by atoms with van der Waals surface area (Å²) in [5.41, 5.74) is 2.70. The lowest BCUT2D eigenvalue weighted by Crippen LogP contribution is -2.35. The molecule has 0 aromatic carbocycles. The molecule has 0 bridgehead atoms. The molecule has 1 aromatic heterocycles. The number of aromatic nitrogens is 1. The highest BCUT2D eigenvalue weighted by Crippen LogP contribution is 2.41. The zero-order valence-corrected chi connectivity index (χ0v) is 12.9. The number of hydrogen-bond acceptors (Lipinski definition) is 4. The van der Waals surface area contributed by atoms with Crippen molar-refractivity contribution in [1.29, 1.82) is 0 Å². The van der Waals surface area contributed by atoms with Crippen LogP contribution in [0, 0.1) is 11.8 Å². The molecular weight excluding hydrogens is 299 g/mol. The Balaban J connectivity index is 2.02. The van der Waals surface area contributed by atoms with Gasteiger partial charge in [0.25, 0.3) is 0 Å². The summed E-state index contributed by atoms with van der Waals surface area (Å²) in [5.74, 6) is 6.65. The second kappa shape index (κ2) is 7.07. The summed E-state index contributed by atoms with van der Waals surface area (Å²) in [5, 5.41) is -0.794. The van der Waals surface area contributed by atoms with Crippen molar-refractivity contribution in [2.75, 3.05) is 0 Å². The first-order chi connectivity index (χ1) is 9.95. The van der Waals surface area contributed by atoms with E-state index < -0.39 is 11.2 Å². The van der Waals surface area contributed by atoms with Crippen LogP contribution in [-0.4, -0.2) is 4.98 Å². The molecule has 0 radical (unpaired) electrons. The molecule has 3 nitrogen and oxygen atoms in total. The summed E-state index contributed by atoms with van der Waals surface area (Å²) in [4.78, 5) is 4.08. The predicted molar refractivity (Wildman–Crippen MR) is 77.5 cm³/mol. The van der Waals surface area contributed by atoms with Gasteiger partial charge in [-0.25, -0.2) is 4.98 Å². The van der Waals surface area contributed by atoms with Gasteiger partial charge in [-0.05, 0) is 24.7 Å².